The average Bonchev–Trinajstić information content (AvgIpc) is 2.66. The summed E-state index contributed by atoms with van der Waals surface area (Å²) in [5.41, 5.74) is 3.78. The van der Waals surface area contributed by atoms with Gasteiger partial charge < -0.3 is 26.0 Å². The van der Waals surface area contributed by atoms with Gasteiger partial charge >= 0.3 is 7.60 Å². The van der Waals surface area contributed by atoms with Crippen molar-refractivity contribution in [3.05, 3.63) is 29.8 Å². The minimum absolute atomic E-state index is 0. The summed E-state index contributed by atoms with van der Waals surface area (Å²) in [4.78, 5) is 0. The lowest BCUT2D eigenvalue weighted by Gasteiger charge is -2.16. The Balaban J connectivity index is 0.00000264. The third kappa shape index (κ3) is 4.14. The minimum Gasteiger partial charge on any atom is -1.00 e. The quantitative estimate of drug-likeness (QED) is 0.509. The number of fused-ring (bicyclic) bond motifs is 1. The van der Waals surface area contributed by atoms with Gasteiger partial charge in [0.15, 0.2) is 12.3 Å². The second-order valence-electron chi connectivity index (χ2n) is 6.05. The smallest absolute Gasteiger partial charge is 0.337 e. The van der Waals surface area contributed by atoms with Crippen LogP contribution < -0.4 is 17.0 Å². The van der Waals surface area contributed by atoms with E-state index in [9.17, 15) is 4.57 Å². The van der Waals surface area contributed by atoms with E-state index in [2.05, 4.69) is 43.5 Å². The van der Waals surface area contributed by atoms with Crippen molar-refractivity contribution in [3.63, 3.8) is 0 Å². The van der Waals surface area contributed by atoms with E-state index in [1.807, 2.05) is 19.9 Å². The maximum atomic E-state index is 12.7. The predicted octanol–water partition coefficient (Wildman–Crippen LogP) is 1.35. The Bertz CT molecular complexity index is 618. The van der Waals surface area contributed by atoms with Crippen LogP contribution in [-0.2, 0) is 19.0 Å². The average molecular weight is 404 g/mol. The number of rotatable bonds is 7. The summed E-state index contributed by atoms with van der Waals surface area (Å²) in [6.07, 6.45) is 0.399. The molecule has 1 aliphatic heterocycles. The van der Waals surface area contributed by atoms with Gasteiger partial charge in [-0.15, -0.1) is 0 Å². The van der Waals surface area contributed by atoms with Crippen LogP contribution >= 0.6 is 7.60 Å². The zero-order valence-corrected chi connectivity index (χ0v) is 17.1. The largest absolute Gasteiger partial charge is 1.00 e. The molecular weight excluding hydrogens is 377 g/mol. The molecule has 1 aliphatic rings. The van der Waals surface area contributed by atoms with E-state index in [-0.39, 0.29) is 22.4 Å². The van der Waals surface area contributed by atoms with Crippen LogP contribution in [-0.4, -0.2) is 36.2 Å². The van der Waals surface area contributed by atoms with Crippen LogP contribution in [0.3, 0.4) is 0 Å². The van der Waals surface area contributed by atoms with E-state index in [0.29, 0.717) is 25.9 Å². The molecule has 0 aromatic heterocycles. The van der Waals surface area contributed by atoms with E-state index < -0.39 is 7.60 Å². The predicted molar refractivity (Wildman–Crippen MR) is 90.7 cm³/mol. The van der Waals surface area contributed by atoms with E-state index in [4.69, 9.17) is 9.05 Å². The van der Waals surface area contributed by atoms with Crippen LogP contribution in [0.15, 0.2) is 24.3 Å². The molecule has 0 N–H and O–H groups in total. The number of hydrogen-bond acceptors (Lipinski definition) is 3. The molecule has 4 nitrogen and oxygen atoms in total. The van der Waals surface area contributed by atoms with Gasteiger partial charge in [-0.3, -0.25) is 4.57 Å². The summed E-state index contributed by atoms with van der Waals surface area (Å²) < 4.78 is 25.7. The van der Waals surface area contributed by atoms with Crippen molar-refractivity contribution in [2.75, 3.05) is 25.9 Å². The van der Waals surface area contributed by atoms with Crippen molar-refractivity contribution >= 4 is 19.0 Å². The fourth-order valence-electron chi connectivity index (χ4n) is 3.02. The molecule has 0 saturated heterocycles. The molecule has 0 fully saturated rings. The SMILES string of the molecule is CCOP(=O)(CC[N+]1=C(C)C(C)(C)c2ccccc21)OCC.[Br-]. The second kappa shape index (κ2) is 8.06. The fourth-order valence-corrected chi connectivity index (χ4v) is 4.59. The summed E-state index contributed by atoms with van der Waals surface area (Å²) in [5, 5.41) is 0. The van der Waals surface area contributed by atoms with E-state index in [1.54, 1.807) is 0 Å². The molecular formula is C17H27BrNO3P. The lowest BCUT2D eigenvalue weighted by molar-refractivity contribution is -0.433. The zero-order chi connectivity index (χ0) is 16.4. The number of hydrogen-bond donors (Lipinski definition) is 0. The molecule has 0 unspecified atom stereocenters. The van der Waals surface area contributed by atoms with Gasteiger partial charge in [0.05, 0.1) is 18.6 Å². The second-order valence-corrected chi connectivity index (χ2v) is 8.23. The maximum absolute atomic E-state index is 12.7. The van der Waals surface area contributed by atoms with Crippen LogP contribution in [0, 0.1) is 0 Å². The molecule has 0 aliphatic carbocycles. The molecule has 0 amide bonds. The molecule has 130 valence electrons. The normalized spacial score (nSPS) is 16.2. The van der Waals surface area contributed by atoms with Crippen molar-refractivity contribution in [3.8, 4) is 0 Å². The summed E-state index contributed by atoms with van der Waals surface area (Å²) in [6, 6.07) is 8.41. The van der Waals surface area contributed by atoms with E-state index in [0.717, 1.165) is 0 Å². The summed E-state index contributed by atoms with van der Waals surface area (Å²) in [5.74, 6) is 0. The molecule has 0 spiro atoms. The summed E-state index contributed by atoms with van der Waals surface area (Å²) in [6.45, 7) is 11.7. The standard InChI is InChI=1S/C17H27NO3P.BrH/c1-6-20-22(19,21-7-2)13-12-18-14(3)17(4,5)15-10-8-9-11-16(15)18;/h8-11H,6-7,12-13H2,1-5H3;1H/q+1;/p-1. The Labute approximate surface area is 150 Å². The van der Waals surface area contributed by atoms with E-state index >= 15 is 0 Å². The van der Waals surface area contributed by atoms with Crippen LogP contribution in [0.2, 0.25) is 0 Å². The first kappa shape index (κ1) is 20.6. The number of nitrogens with zero attached hydrogens (tertiary/aromatic N) is 1. The van der Waals surface area contributed by atoms with Gasteiger partial charge in [0.25, 0.3) is 0 Å². The lowest BCUT2D eigenvalue weighted by atomic mass is 9.82. The van der Waals surface area contributed by atoms with Gasteiger partial charge in [-0.2, -0.15) is 4.58 Å². The number of benzene rings is 1. The van der Waals surface area contributed by atoms with Crippen molar-refractivity contribution < 1.29 is 35.2 Å². The molecule has 23 heavy (non-hydrogen) atoms. The molecule has 2 rings (SSSR count). The molecule has 1 aromatic rings. The third-order valence-electron chi connectivity index (χ3n) is 4.43. The Kier molecular flexibility index (Phi) is 7.21. The first-order chi connectivity index (χ1) is 10.4. The monoisotopic (exact) mass is 403 g/mol. The maximum Gasteiger partial charge on any atom is 0.337 e. The molecule has 1 heterocycles. The molecule has 1 aromatic carbocycles. The summed E-state index contributed by atoms with van der Waals surface area (Å²) >= 11 is 0. The van der Waals surface area contributed by atoms with Crippen LogP contribution in [0.5, 0.6) is 0 Å². The Hall–Kier alpha value is -0.480. The minimum atomic E-state index is -3.01. The summed E-state index contributed by atoms with van der Waals surface area (Å²) in [7, 11) is -3.01. The first-order valence-corrected chi connectivity index (χ1v) is 9.67. The number of halogens is 1. The van der Waals surface area contributed by atoms with Crippen molar-refractivity contribution in [2.45, 2.75) is 40.0 Å². The highest BCUT2D eigenvalue weighted by molar-refractivity contribution is 7.53. The van der Waals surface area contributed by atoms with Crippen LogP contribution in [0.25, 0.3) is 0 Å². The Morgan fingerprint density at radius 2 is 1.70 bits per heavy atom. The fraction of sp³-hybridized carbons (Fsp3) is 0.588. The number of para-hydroxylation sites is 1. The molecule has 0 saturated carbocycles. The van der Waals surface area contributed by atoms with Gasteiger partial charge in [0.1, 0.15) is 6.16 Å². The molecule has 0 atom stereocenters. The highest BCUT2D eigenvalue weighted by Crippen LogP contribution is 2.48. The van der Waals surface area contributed by atoms with Crippen molar-refractivity contribution in [2.24, 2.45) is 0 Å². The van der Waals surface area contributed by atoms with Crippen molar-refractivity contribution in [1.29, 1.82) is 0 Å². The van der Waals surface area contributed by atoms with Gasteiger partial charge in [0.2, 0.25) is 5.69 Å². The van der Waals surface area contributed by atoms with Crippen LogP contribution in [0.4, 0.5) is 5.69 Å². The highest BCUT2D eigenvalue weighted by Gasteiger charge is 2.43. The lowest BCUT2D eigenvalue weighted by Crippen LogP contribution is -3.00. The topological polar surface area (TPSA) is 38.5 Å². The van der Waals surface area contributed by atoms with Gasteiger partial charge in [-0.25, -0.2) is 0 Å². The molecule has 6 heteroatoms. The third-order valence-corrected chi connectivity index (χ3v) is 6.48. The van der Waals surface area contributed by atoms with Crippen LogP contribution in [0.1, 0.15) is 40.2 Å². The Morgan fingerprint density at radius 1 is 1.13 bits per heavy atom. The van der Waals surface area contributed by atoms with Gasteiger partial charge in [-0.1, -0.05) is 18.2 Å². The molecule has 0 bridgehead atoms. The van der Waals surface area contributed by atoms with Gasteiger partial charge in [-0.05, 0) is 27.7 Å². The van der Waals surface area contributed by atoms with E-state index in [1.165, 1.54) is 17.0 Å². The van der Waals surface area contributed by atoms with Crippen molar-refractivity contribution in [1.82, 2.24) is 0 Å². The first-order valence-electron chi connectivity index (χ1n) is 7.95. The zero-order valence-electron chi connectivity index (χ0n) is 14.6. The highest BCUT2D eigenvalue weighted by atomic mass is 79.9. The van der Waals surface area contributed by atoms with Gasteiger partial charge in [0, 0.05) is 18.6 Å². The molecule has 0 radical (unpaired) electrons. The Morgan fingerprint density at radius 3 is 2.26 bits per heavy atom.